The fourth-order valence-corrected chi connectivity index (χ4v) is 1.75. The largest absolute Gasteiger partial charge is 0.423 e. The average Bonchev–Trinajstić information content (AvgIpc) is 2.46. The molecule has 0 radical (unpaired) electrons. The van der Waals surface area contributed by atoms with Gasteiger partial charge in [-0.2, -0.15) is 0 Å². The van der Waals surface area contributed by atoms with Crippen molar-refractivity contribution in [3.8, 4) is 17.2 Å². The molecule has 0 fully saturated rings. The van der Waals surface area contributed by atoms with Gasteiger partial charge in [-0.05, 0) is 18.6 Å². The maximum absolute atomic E-state index is 12.1. The number of nitrogens with one attached hydrogen (secondary N) is 1. The van der Waals surface area contributed by atoms with Crippen molar-refractivity contribution < 1.29 is 33.4 Å². The van der Waals surface area contributed by atoms with Crippen LogP contribution in [0.2, 0.25) is 0 Å². The molecule has 0 aliphatic rings. The summed E-state index contributed by atoms with van der Waals surface area (Å²) in [5, 5.41) is 2.64. The van der Waals surface area contributed by atoms with E-state index in [1.54, 1.807) is 0 Å². The third kappa shape index (κ3) is 5.71. The van der Waals surface area contributed by atoms with Crippen LogP contribution in [-0.2, 0) is 14.4 Å². The lowest BCUT2D eigenvalue weighted by Gasteiger charge is -2.15. The topological polar surface area (TPSA) is 108 Å². The molecule has 0 saturated heterocycles. The first-order chi connectivity index (χ1) is 11.2. The Morgan fingerprint density at radius 2 is 1.33 bits per heavy atom. The average molecular weight is 337 g/mol. The van der Waals surface area contributed by atoms with Gasteiger partial charge in [-0.3, -0.25) is 19.2 Å². The van der Waals surface area contributed by atoms with E-state index in [2.05, 4.69) is 5.32 Å². The first-order valence-corrected chi connectivity index (χ1v) is 7.26. The van der Waals surface area contributed by atoms with Gasteiger partial charge in [0.2, 0.25) is 5.75 Å². The lowest BCUT2D eigenvalue weighted by molar-refractivity contribution is -0.135. The highest BCUT2D eigenvalue weighted by atomic mass is 16.6. The van der Waals surface area contributed by atoms with E-state index >= 15 is 0 Å². The summed E-state index contributed by atoms with van der Waals surface area (Å²) >= 11 is 0. The molecule has 0 heterocycles. The number of hydrogen-bond acceptors (Lipinski definition) is 7. The Hall–Kier alpha value is -2.90. The van der Waals surface area contributed by atoms with E-state index in [1.165, 1.54) is 12.1 Å². The van der Waals surface area contributed by atoms with E-state index in [4.69, 9.17) is 14.2 Å². The van der Waals surface area contributed by atoms with Crippen molar-refractivity contribution in [2.45, 2.75) is 34.1 Å². The summed E-state index contributed by atoms with van der Waals surface area (Å²) in [6.45, 7) is 5.76. The molecule has 1 aromatic rings. The molecule has 24 heavy (non-hydrogen) atoms. The second-order valence-electron chi connectivity index (χ2n) is 4.84. The Kier molecular flexibility index (Phi) is 6.91. The number of ether oxygens (including phenoxy) is 3. The fourth-order valence-electron chi connectivity index (χ4n) is 1.75. The monoisotopic (exact) mass is 337 g/mol. The van der Waals surface area contributed by atoms with Crippen molar-refractivity contribution in [3.63, 3.8) is 0 Å². The van der Waals surface area contributed by atoms with Gasteiger partial charge >= 0.3 is 17.9 Å². The maximum atomic E-state index is 12.1. The lowest BCUT2D eigenvalue weighted by atomic mass is 10.1. The van der Waals surface area contributed by atoms with Gasteiger partial charge in [-0.25, -0.2) is 0 Å². The van der Waals surface area contributed by atoms with Crippen molar-refractivity contribution in [1.82, 2.24) is 5.32 Å². The van der Waals surface area contributed by atoms with E-state index in [0.29, 0.717) is 6.54 Å². The quantitative estimate of drug-likeness (QED) is 0.620. The highest BCUT2D eigenvalue weighted by Gasteiger charge is 2.22. The second kappa shape index (κ2) is 8.66. The molecule has 0 bridgehead atoms. The van der Waals surface area contributed by atoms with Gasteiger partial charge in [0, 0.05) is 32.9 Å². The predicted molar refractivity (Wildman–Crippen MR) is 83.0 cm³/mol. The molecule has 8 nitrogen and oxygen atoms in total. The Balaban J connectivity index is 3.42. The Labute approximate surface area is 139 Å². The first-order valence-electron chi connectivity index (χ1n) is 7.26. The van der Waals surface area contributed by atoms with Crippen molar-refractivity contribution in [3.05, 3.63) is 17.7 Å². The molecule has 0 aliphatic carbocycles. The van der Waals surface area contributed by atoms with Gasteiger partial charge in [-0.15, -0.1) is 0 Å². The molecular formula is C16H19NO7. The summed E-state index contributed by atoms with van der Waals surface area (Å²) < 4.78 is 14.9. The highest BCUT2D eigenvalue weighted by Crippen LogP contribution is 2.39. The molecule has 130 valence electrons. The predicted octanol–water partition coefficient (Wildman–Crippen LogP) is 1.60. The summed E-state index contributed by atoms with van der Waals surface area (Å²) in [6.07, 6.45) is 0.727. The highest BCUT2D eigenvalue weighted by molar-refractivity contribution is 5.96. The van der Waals surface area contributed by atoms with Crippen LogP contribution in [0, 0.1) is 0 Å². The van der Waals surface area contributed by atoms with E-state index < -0.39 is 23.8 Å². The smallest absolute Gasteiger partial charge is 0.308 e. The molecule has 1 N–H and O–H groups in total. The Bertz CT molecular complexity index is 629. The summed E-state index contributed by atoms with van der Waals surface area (Å²) in [7, 11) is 0. The number of carbonyl (C=O) groups is 4. The first kappa shape index (κ1) is 19.1. The van der Waals surface area contributed by atoms with E-state index in [1.807, 2.05) is 6.92 Å². The van der Waals surface area contributed by atoms with Crippen molar-refractivity contribution in [2.24, 2.45) is 0 Å². The van der Waals surface area contributed by atoms with Crippen LogP contribution < -0.4 is 19.5 Å². The summed E-state index contributed by atoms with van der Waals surface area (Å²) in [5.74, 6) is -3.18. The van der Waals surface area contributed by atoms with Crippen molar-refractivity contribution >= 4 is 23.8 Å². The van der Waals surface area contributed by atoms with Gasteiger partial charge in [0.05, 0.1) is 0 Å². The zero-order valence-electron chi connectivity index (χ0n) is 13.9. The number of amides is 1. The minimum Gasteiger partial charge on any atom is -0.423 e. The van der Waals surface area contributed by atoms with Crippen LogP contribution in [0.3, 0.4) is 0 Å². The van der Waals surface area contributed by atoms with Crippen LogP contribution in [0.1, 0.15) is 44.5 Å². The van der Waals surface area contributed by atoms with Crippen LogP contribution in [-0.4, -0.2) is 30.4 Å². The third-order valence-corrected chi connectivity index (χ3v) is 2.57. The summed E-state index contributed by atoms with van der Waals surface area (Å²) in [4.78, 5) is 45.9. The molecule has 0 aromatic heterocycles. The molecule has 0 unspecified atom stereocenters. The number of benzene rings is 1. The Morgan fingerprint density at radius 1 is 0.875 bits per heavy atom. The van der Waals surface area contributed by atoms with Crippen molar-refractivity contribution in [2.75, 3.05) is 6.54 Å². The SMILES string of the molecule is CCCNC(=O)c1cc(OC(C)=O)c(OC(C)=O)c(OC(C)=O)c1. The summed E-state index contributed by atoms with van der Waals surface area (Å²) in [5.41, 5.74) is 0.0897. The normalized spacial score (nSPS) is 9.83. The Morgan fingerprint density at radius 3 is 1.71 bits per heavy atom. The van der Waals surface area contributed by atoms with Crippen LogP contribution in [0.4, 0.5) is 0 Å². The zero-order valence-corrected chi connectivity index (χ0v) is 13.9. The van der Waals surface area contributed by atoms with Crippen LogP contribution >= 0.6 is 0 Å². The second-order valence-corrected chi connectivity index (χ2v) is 4.84. The van der Waals surface area contributed by atoms with Gasteiger partial charge in [0.1, 0.15) is 0 Å². The molecule has 0 saturated carbocycles. The standard InChI is InChI=1S/C16H19NO7/c1-5-6-17-16(21)12-7-13(22-9(2)18)15(24-11(4)20)14(8-12)23-10(3)19/h7-8H,5-6H2,1-4H3,(H,17,21). The molecular weight excluding hydrogens is 318 g/mol. The molecule has 1 amide bonds. The lowest BCUT2D eigenvalue weighted by Crippen LogP contribution is -2.24. The minimum atomic E-state index is -0.708. The molecule has 0 atom stereocenters. The fraction of sp³-hybridized carbons (Fsp3) is 0.375. The molecule has 8 heteroatoms. The number of carbonyl (C=O) groups excluding carboxylic acids is 4. The molecule has 1 aromatic carbocycles. The van der Waals surface area contributed by atoms with Crippen LogP contribution in [0.15, 0.2) is 12.1 Å². The maximum Gasteiger partial charge on any atom is 0.308 e. The van der Waals surface area contributed by atoms with Crippen LogP contribution in [0.25, 0.3) is 0 Å². The number of hydrogen-bond donors (Lipinski definition) is 1. The third-order valence-electron chi connectivity index (χ3n) is 2.57. The van der Waals surface area contributed by atoms with E-state index in [-0.39, 0.29) is 22.8 Å². The summed E-state index contributed by atoms with van der Waals surface area (Å²) in [6, 6.07) is 2.47. The van der Waals surface area contributed by atoms with Gasteiger partial charge < -0.3 is 19.5 Å². The number of rotatable bonds is 6. The molecule has 0 aliphatic heterocycles. The number of esters is 3. The van der Waals surface area contributed by atoms with Crippen LogP contribution in [0.5, 0.6) is 17.2 Å². The molecule has 1 rings (SSSR count). The van der Waals surface area contributed by atoms with Crippen molar-refractivity contribution in [1.29, 1.82) is 0 Å². The zero-order chi connectivity index (χ0) is 18.3. The van der Waals surface area contributed by atoms with E-state index in [0.717, 1.165) is 27.2 Å². The van der Waals surface area contributed by atoms with Gasteiger partial charge in [-0.1, -0.05) is 6.92 Å². The molecule has 0 spiro atoms. The van der Waals surface area contributed by atoms with E-state index in [9.17, 15) is 19.2 Å². The van der Waals surface area contributed by atoms with Gasteiger partial charge in [0.25, 0.3) is 5.91 Å². The minimum absolute atomic E-state index is 0.0897. The van der Waals surface area contributed by atoms with Gasteiger partial charge in [0.15, 0.2) is 11.5 Å².